The molecule has 330 valence electrons. The van der Waals surface area contributed by atoms with Gasteiger partial charge in [0.15, 0.2) is 5.71 Å². The van der Waals surface area contributed by atoms with Crippen LogP contribution in [0.25, 0.3) is 0 Å². The van der Waals surface area contributed by atoms with Gasteiger partial charge >= 0.3 is 8.80 Å². The summed E-state index contributed by atoms with van der Waals surface area (Å²) in [5.41, 5.74) is 3.82. The molecule has 16 heteroatoms. The lowest BCUT2D eigenvalue weighted by Gasteiger charge is -2.28. The van der Waals surface area contributed by atoms with E-state index in [1.807, 2.05) is 66.7 Å². The van der Waals surface area contributed by atoms with Crippen LogP contribution in [0.5, 0.6) is 0 Å². The maximum absolute atomic E-state index is 12.8. The molecule has 0 saturated carbocycles. The molecule has 13 nitrogen and oxygen atoms in total. The fraction of sp³-hybridized carbons (Fsp3) is 0.545. The van der Waals surface area contributed by atoms with Crippen molar-refractivity contribution in [3.63, 3.8) is 0 Å². The number of benzene rings is 2. The normalized spacial score (nSPS) is 16.7. The van der Waals surface area contributed by atoms with Crippen LogP contribution in [0.4, 0.5) is 11.4 Å². The number of hydrogen-bond donors (Lipinski definition) is 3. The van der Waals surface area contributed by atoms with Crippen molar-refractivity contribution < 1.29 is 48.6 Å². The molecule has 0 unspecified atom stereocenters. The molecule has 0 spiro atoms. The quantitative estimate of drug-likeness (QED) is 0.0310. The Morgan fingerprint density at radius 2 is 1.47 bits per heavy atom. The first-order valence-corrected chi connectivity index (χ1v) is 25.8. The van der Waals surface area contributed by atoms with Gasteiger partial charge < -0.3 is 23.5 Å². The lowest BCUT2D eigenvalue weighted by molar-refractivity contribution is -0.438. The Hall–Kier alpha value is -3.66. The van der Waals surface area contributed by atoms with E-state index in [0.717, 1.165) is 59.6 Å². The van der Waals surface area contributed by atoms with Crippen molar-refractivity contribution in [2.24, 2.45) is 0 Å². The molecule has 0 radical (unpaired) electrons. The second-order valence-electron chi connectivity index (χ2n) is 16.1. The third-order valence-electron chi connectivity index (χ3n) is 11.1. The maximum atomic E-state index is 12.8. The summed E-state index contributed by atoms with van der Waals surface area (Å²) in [6.45, 7) is 17.1. The van der Waals surface area contributed by atoms with Crippen molar-refractivity contribution in [2.45, 2.75) is 126 Å². The molecule has 3 N–H and O–H groups in total. The van der Waals surface area contributed by atoms with Crippen LogP contribution in [0.1, 0.15) is 111 Å². The third kappa shape index (κ3) is 11.8. The SMILES string of the molecule is C#CCCCC[N+]1=C(C=CC=C2N(CCCCCC(=O)NCCC[Si](OCC)(OCC)OCC)c3ccc(S(=O)(=O)O)cc3C2(C)C)C(C)(C)c2cc(S(=O)(=O)O)ccc21. The zero-order valence-corrected chi connectivity index (χ0v) is 38.9. The molecule has 0 aliphatic carbocycles. The topological polar surface area (TPSA) is 172 Å². The molecule has 2 aliphatic rings. The van der Waals surface area contributed by atoms with Gasteiger partial charge in [-0.05, 0) is 102 Å². The summed E-state index contributed by atoms with van der Waals surface area (Å²) in [4.78, 5) is 14.6. The monoisotopic (exact) mass is 886 g/mol. The average Bonchev–Trinajstić information content (AvgIpc) is 3.52. The molecule has 2 aromatic carbocycles. The molecule has 0 saturated heterocycles. The van der Waals surface area contributed by atoms with Crippen molar-refractivity contribution in [3.8, 4) is 12.3 Å². The van der Waals surface area contributed by atoms with E-state index in [2.05, 4.69) is 20.7 Å². The lowest BCUT2D eigenvalue weighted by atomic mass is 9.81. The highest BCUT2D eigenvalue weighted by atomic mass is 32.2. The van der Waals surface area contributed by atoms with Gasteiger partial charge in [0.05, 0.1) is 15.2 Å². The number of carbonyl (C=O) groups is 1. The number of terminal acetylenes is 1. The first-order chi connectivity index (χ1) is 28.3. The number of hydrogen-bond acceptors (Lipinski definition) is 9. The zero-order valence-electron chi connectivity index (χ0n) is 36.3. The van der Waals surface area contributed by atoms with Crippen LogP contribution in [0.15, 0.2) is 70.1 Å². The van der Waals surface area contributed by atoms with E-state index in [4.69, 9.17) is 19.7 Å². The molecule has 0 bridgehead atoms. The first-order valence-electron chi connectivity index (χ1n) is 20.9. The smallest absolute Gasteiger partial charge is 0.374 e. The summed E-state index contributed by atoms with van der Waals surface area (Å²) in [5.74, 6) is 2.67. The number of unbranched alkanes of at least 4 members (excludes halogenated alkanes) is 4. The molecule has 0 atom stereocenters. The van der Waals surface area contributed by atoms with Crippen molar-refractivity contribution in [3.05, 3.63) is 71.5 Å². The Labute approximate surface area is 359 Å². The van der Waals surface area contributed by atoms with Crippen LogP contribution >= 0.6 is 0 Å². The standard InChI is InChI=1S/C44H63N3O10S2Si/c1-9-13-14-17-29-46-38-26-24-34(58(49,50)51)32-36(38)43(5,6)40(46)21-19-22-41-44(7,8)37-33-35(59(52,53)54)25-27-39(37)47(41)30-18-15-16-23-42(48)45-28-20-31-60(55-10-2,56-11-3)57-12-4/h1,19,21-22,24-27,32-33H,10-18,20,23,28-31H2,2-8H3,(H2-,45,48,49,50,51,52,53,54)/p+1. The van der Waals surface area contributed by atoms with Gasteiger partial charge in [0.1, 0.15) is 6.54 Å². The summed E-state index contributed by atoms with van der Waals surface area (Å²) in [6.07, 6.45) is 17.1. The fourth-order valence-electron chi connectivity index (χ4n) is 8.19. The van der Waals surface area contributed by atoms with Crippen molar-refractivity contribution in [1.29, 1.82) is 0 Å². The molecule has 0 fully saturated rings. The second-order valence-corrected chi connectivity index (χ2v) is 21.6. The number of nitrogens with one attached hydrogen (secondary N) is 1. The van der Waals surface area contributed by atoms with Crippen LogP contribution in [0.3, 0.4) is 0 Å². The number of anilines is 1. The summed E-state index contributed by atoms with van der Waals surface area (Å²) in [6, 6.07) is 9.99. The molecule has 4 rings (SSSR count). The van der Waals surface area contributed by atoms with Crippen LogP contribution in [0, 0.1) is 12.3 Å². The van der Waals surface area contributed by atoms with E-state index in [1.165, 1.54) is 24.3 Å². The third-order valence-corrected chi connectivity index (χ3v) is 16.0. The highest BCUT2D eigenvalue weighted by molar-refractivity contribution is 7.86. The van der Waals surface area contributed by atoms with Gasteiger partial charge in [-0.2, -0.15) is 21.4 Å². The number of amides is 1. The number of allylic oxidation sites excluding steroid dienone is 4. The highest BCUT2D eigenvalue weighted by Crippen LogP contribution is 2.49. The van der Waals surface area contributed by atoms with E-state index in [0.29, 0.717) is 71.2 Å². The molecule has 0 aromatic heterocycles. The van der Waals surface area contributed by atoms with E-state index in [-0.39, 0.29) is 15.7 Å². The minimum Gasteiger partial charge on any atom is -0.374 e. The van der Waals surface area contributed by atoms with Gasteiger partial charge in [-0.1, -0.05) is 26.3 Å². The molecule has 60 heavy (non-hydrogen) atoms. The van der Waals surface area contributed by atoms with E-state index >= 15 is 0 Å². The van der Waals surface area contributed by atoms with Gasteiger partial charge in [0.2, 0.25) is 11.6 Å². The number of carbonyl (C=O) groups excluding carboxylic acids is 1. The molecular formula is C44H64N3O10S2Si+. The van der Waals surface area contributed by atoms with Crippen molar-refractivity contribution in [1.82, 2.24) is 5.32 Å². The largest absolute Gasteiger partial charge is 0.500 e. The summed E-state index contributed by atoms with van der Waals surface area (Å²) >= 11 is 0. The van der Waals surface area contributed by atoms with Gasteiger partial charge in [-0.25, -0.2) is 0 Å². The molecule has 2 heterocycles. The van der Waals surface area contributed by atoms with E-state index in [9.17, 15) is 30.7 Å². The Morgan fingerprint density at radius 1 is 0.850 bits per heavy atom. The van der Waals surface area contributed by atoms with Gasteiger partial charge in [0.25, 0.3) is 20.2 Å². The predicted octanol–water partition coefficient (Wildman–Crippen LogP) is 7.71. The number of fused-ring (bicyclic) bond motifs is 2. The zero-order chi connectivity index (χ0) is 44.4. The Kier molecular flexibility index (Phi) is 17.1. The summed E-state index contributed by atoms with van der Waals surface area (Å²) in [5, 5.41) is 3.02. The second kappa shape index (κ2) is 20.9. The Morgan fingerprint density at radius 3 is 2.07 bits per heavy atom. The van der Waals surface area contributed by atoms with Crippen LogP contribution in [-0.2, 0) is 49.1 Å². The molecular weight excluding hydrogens is 823 g/mol. The Bertz CT molecular complexity index is 2190. The van der Waals surface area contributed by atoms with Gasteiger partial charge in [-0.3, -0.25) is 13.9 Å². The lowest BCUT2D eigenvalue weighted by Crippen LogP contribution is -2.46. The predicted molar refractivity (Wildman–Crippen MR) is 237 cm³/mol. The van der Waals surface area contributed by atoms with Crippen molar-refractivity contribution in [2.75, 3.05) is 44.4 Å². The number of rotatable bonds is 24. The van der Waals surface area contributed by atoms with Crippen LogP contribution in [-0.4, -0.2) is 90.4 Å². The summed E-state index contributed by atoms with van der Waals surface area (Å²) in [7, 11) is -11.6. The van der Waals surface area contributed by atoms with E-state index in [1.54, 1.807) is 12.1 Å². The minimum atomic E-state index is -4.44. The maximum Gasteiger partial charge on any atom is 0.500 e. The average molecular weight is 887 g/mol. The van der Waals surface area contributed by atoms with Gasteiger partial charge in [-0.15, -0.1) is 12.3 Å². The van der Waals surface area contributed by atoms with Crippen LogP contribution < -0.4 is 10.2 Å². The highest BCUT2D eigenvalue weighted by Gasteiger charge is 2.45. The summed E-state index contributed by atoms with van der Waals surface area (Å²) < 4.78 is 88.3. The number of nitrogens with zero attached hydrogens (tertiary/aromatic N) is 2. The van der Waals surface area contributed by atoms with Crippen molar-refractivity contribution >= 4 is 52.0 Å². The first kappa shape index (κ1) is 49.0. The molecule has 2 aliphatic heterocycles. The van der Waals surface area contributed by atoms with Crippen LogP contribution in [0.2, 0.25) is 6.04 Å². The Balaban J connectivity index is 1.53. The fourth-order valence-corrected chi connectivity index (χ4v) is 11.8. The minimum absolute atomic E-state index is 0.0172. The molecule has 1 amide bonds. The molecule has 2 aromatic rings. The van der Waals surface area contributed by atoms with E-state index < -0.39 is 39.9 Å². The van der Waals surface area contributed by atoms with Gasteiger partial charge in [0, 0.05) is 92.7 Å².